The highest BCUT2D eigenvalue weighted by molar-refractivity contribution is 5.68. The molecule has 1 fully saturated rings. The fraction of sp³-hybridized carbons (Fsp3) is 0.391. The third kappa shape index (κ3) is 4.34. The molecule has 0 amide bonds. The maximum absolute atomic E-state index is 14.5. The Morgan fingerprint density at radius 2 is 1.81 bits per heavy atom. The molecule has 0 bridgehead atoms. The van der Waals surface area contributed by atoms with Gasteiger partial charge >= 0.3 is 0 Å². The lowest BCUT2D eigenvalue weighted by molar-refractivity contribution is 0.211. The second-order valence-corrected chi connectivity index (χ2v) is 8.02. The molecule has 7 nitrogen and oxygen atoms in total. The van der Waals surface area contributed by atoms with Crippen LogP contribution in [0.4, 0.5) is 16.2 Å². The summed E-state index contributed by atoms with van der Waals surface area (Å²) in [4.78, 5) is 20.0. The quantitative estimate of drug-likeness (QED) is 0.645. The van der Waals surface area contributed by atoms with Crippen LogP contribution in [-0.4, -0.2) is 44.5 Å². The predicted octanol–water partition coefficient (Wildman–Crippen LogP) is 3.80. The number of nitrogen functional groups attached to an aromatic ring is 2. The van der Waals surface area contributed by atoms with Gasteiger partial charge in [-0.15, -0.1) is 0 Å². The van der Waals surface area contributed by atoms with Crippen molar-refractivity contribution in [3.8, 4) is 22.6 Å². The molecule has 0 unspecified atom stereocenters. The minimum Gasteiger partial charge on any atom is -0.381 e. The molecule has 4 N–H and O–H groups in total. The minimum absolute atomic E-state index is 0.149. The Balaban J connectivity index is 1.69. The zero-order valence-corrected chi connectivity index (χ0v) is 18.0. The van der Waals surface area contributed by atoms with Crippen LogP contribution in [0.1, 0.15) is 43.4 Å². The number of rotatable bonds is 5. The van der Waals surface area contributed by atoms with E-state index in [1.54, 1.807) is 12.1 Å². The second kappa shape index (κ2) is 8.93. The lowest BCUT2D eigenvalue weighted by Crippen LogP contribution is -2.34. The number of likely N-dealkylation sites (tertiary alicyclic amines) is 1. The molecule has 4 heterocycles. The highest BCUT2D eigenvalue weighted by Crippen LogP contribution is 2.34. The Hall–Kier alpha value is -3.13. The van der Waals surface area contributed by atoms with E-state index in [1.165, 1.54) is 12.6 Å². The van der Waals surface area contributed by atoms with Gasteiger partial charge in [-0.3, -0.25) is 0 Å². The molecule has 31 heavy (non-hydrogen) atoms. The van der Waals surface area contributed by atoms with Gasteiger partial charge in [0, 0.05) is 17.7 Å². The molecular formula is C23H28FN7. The summed E-state index contributed by atoms with van der Waals surface area (Å²) >= 11 is 0. The summed E-state index contributed by atoms with van der Waals surface area (Å²) in [6.45, 7) is 7.49. The van der Waals surface area contributed by atoms with Gasteiger partial charge in [0.2, 0.25) is 5.95 Å². The van der Waals surface area contributed by atoms with Crippen LogP contribution in [0.3, 0.4) is 0 Å². The molecule has 162 valence electrons. The normalized spacial score (nSPS) is 15.3. The summed E-state index contributed by atoms with van der Waals surface area (Å²) in [6, 6.07) is 6.99. The number of piperidine rings is 1. The highest BCUT2D eigenvalue weighted by Gasteiger charge is 2.25. The third-order valence-corrected chi connectivity index (χ3v) is 5.90. The first kappa shape index (κ1) is 21.1. The number of hydrogen-bond acceptors (Lipinski definition) is 7. The molecule has 1 aliphatic heterocycles. The first-order valence-electron chi connectivity index (χ1n) is 10.7. The van der Waals surface area contributed by atoms with E-state index >= 15 is 0 Å². The third-order valence-electron chi connectivity index (χ3n) is 5.90. The van der Waals surface area contributed by atoms with E-state index < -0.39 is 5.82 Å². The van der Waals surface area contributed by atoms with Crippen LogP contribution in [0.5, 0.6) is 0 Å². The molecule has 1 aliphatic rings. The lowest BCUT2D eigenvalue weighted by atomic mass is 9.90. The Morgan fingerprint density at radius 3 is 2.55 bits per heavy atom. The van der Waals surface area contributed by atoms with Crippen molar-refractivity contribution in [1.29, 1.82) is 0 Å². The second-order valence-electron chi connectivity index (χ2n) is 8.02. The maximum Gasteiger partial charge on any atom is 0.220 e. The van der Waals surface area contributed by atoms with Crippen molar-refractivity contribution in [3.63, 3.8) is 0 Å². The van der Waals surface area contributed by atoms with Gasteiger partial charge in [-0.05, 0) is 69.6 Å². The number of halogens is 1. The van der Waals surface area contributed by atoms with Crippen molar-refractivity contribution < 1.29 is 4.39 Å². The standard InChI is InChI=1S/C23H28FN7/c1-3-11-31-12-8-15(9-13-31)20-14(2)21(30-23(26)29-20)18-6-4-5-17(28-18)16-7-10-27-22(25)19(16)24/h4-7,10,15H,3,8-9,11-13H2,1-2H3,(H2,25,27)(H2,26,29,30). The van der Waals surface area contributed by atoms with E-state index in [0.717, 1.165) is 43.7 Å². The van der Waals surface area contributed by atoms with Crippen LogP contribution >= 0.6 is 0 Å². The Labute approximate surface area is 181 Å². The average molecular weight is 422 g/mol. The summed E-state index contributed by atoms with van der Waals surface area (Å²) in [6.07, 6.45) is 4.73. The molecule has 0 saturated carbocycles. The first-order chi connectivity index (χ1) is 15.0. The minimum atomic E-state index is -0.578. The van der Waals surface area contributed by atoms with Crippen LogP contribution < -0.4 is 11.5 Å². The molecular weight excluding hydrogens is 393 g/mol. The first-order valence-corrected chi connectivity index (χ1v) is 10.7. The zero-order valence-electron chi connectivity index (χ0n) is 18.0. The number of anilines is 2. The van der Waals surface area contributed by atoms with Gasteiger partial charge < -0.3 is 16.4 Å². The summed E-state index contributed by atoms with van der Waals surface area (Å²) in [5.41, 5.74) is 15.8. The van der Waals surface area contributed by atoms with Gasteiger partial charge in [-0.2, -0.15) is 0 Å². The van der Waals surface area contributed by atoms with Crippen molar-refractivity contribution in [3.05, 3.63) is 47.5 Å². The summed E-state index contributed by atoms with van der Waals surface area (Å²) in [5, 5.41) is 0. The Morgan fingerprint density at radius 1 is 1.06 bits per heavy atom. The van der Waals surface area contributed by atoms with Crippen molar-refractivity contribution in [2.75, 3.05) is 31.1 Å². The van der Waals surface area contributed by atoms with Gasteiger partial charge in [-0.1, -0.05) is 13.0 Å². The van der Waals surface area contributed by atoms with E-state index in [-0.39, 0.29) is 11.8 Å². The molecule has 0 spiro atoms. The smallest absolute Gasteiger partial charge is 0.220 e. The van der Waals surface area contributed by atoms with Crippen LogP contribution in [0.2, 0.25) is 0 Å². The molecule has 1 saturated heterocycles. The van der Waals surface area contributed by atoms with Crippen LogP contribution in [0.25, 0.3) is 22.6 Å². The van der Waals surface area contributed by atoms with Crippen molar-refractivity contribution in [2.45, 2.75) is 39.0 Å². The SMILES string of the molecule is CCCN1CCC(c2nc(N)nc(-c3cccc(-c4ccnc(N)c4F)n3)c2C)CC1. The van der Waals surface area contributed by atoms with E-state index in [4.69, 9.17) is 11.5 Å². The van der Waals surface area contributed by atoms with E-state index in [2.05, 4.69) is 31.8 Å². The van der Waals surface area contributed by atoms with Gasteiger partial charge in [0.25, 0.3) is 0 Å². The van der Waals surface area contributed by atoms with Gasteiger partial charge in [-0.25, -0.2) is 24.3 Å². The van der Waals surface area contributed by atoms with Crippen LogP contribution in [0.15, 0.2) is 30.5 Å². The average Bonchev–Trinajstić information content (AvgIpc) is 2.78. The molecule has 3 aromatic heterocycles. The summed E-state index contributed by atoms with van der Waals surface area (Å²) in [7, 11) is 0. The summed E-state index contributed by atoms with van der Waals surface area (Å²) < 4.78 is 14.5. The monoisotopic (exact) mass is 421 g/mol. The Bertz CT molecular complexity index is 1080. The fourth-order valence-corrected chi connectivity index (χ4v) is 4.32. The Kier molecular flexibility index (Phi) is 6.08. The molecule has 3 aromatic rings. The molecule has 4 rings (SSSR count). The molecule has 8 heteroatoms. The van der Waals surface area contributed by atoms with Crippen molar-refractivity contribution >= 4 is 11.8 Å². The number of nitrogens with two attached hydrogens (primary N) is 2. The maximum atomic E-state index is 14.5. The topological polar surface area (TPSA) is 107 Å². The highest BCUT2D eigenvalue weighted by atomic mass is 19.1. The molecule has 0 atom stereocenters. The zero-order chi connectivity index (χ0) is 22.0. The van der Waals surface area contributed by atoms with Crippen LogP contribution in [-0.2, 0) is 0 Å². The van der Waals surface area contributed by atoms with Crippen molar-refractivity contribution in [2.24, 2.45) is 0 Å². The number of nitrogens with zero attached hydrogens (tertiary/aromatic N) is 5. The van der Waals surface area contributed by atoms with Crippen molar-refractivity contribution in [1.82, 2.24) is 24.8 Å². The fourth-order valence-electron chi connectivity index (χ4n) is 4.32. The summed E-state index contributed by atoms with van der Waals surface area (Å²) in [5.74, 6) is -0.148. The molecule has 0 aliphatic carbocycles. The van der Waals surface area contributed by atoms with Gasteiger partial charge in [0.15, 0.2) is 11.6 Å². The number of aromatic nitrogens is 4. The molecule has 0 aromatic carbocycles. The largest absolute Gasteiger partial charge is 0.381 e. The lowest BCUT2D eigenvalue weighted by Gasteiger charge is -2.32. The van der Waals surface area contributed by atoms with E-state index in [1.807, 2.05) is 19.1 Å². The van der Waals surface area contributed by atoms with E-state index in [0.29, 0.717) is 28.6 Å². The number of pyridine rings is 2. The van der Waals surface area contributed by atoms with Gasteiger partial charge in [0.1, 0.15) is 0 Å². The predicted molar refractivity (Wildman–Crippen MR) is 121 cm³/mol. The number of hydrogen-bond donors (Lipinski definition) is 2. The van der Waals surface area contributed by atoms with E-state index in [9.17, 15) is 4.39 Å². The van der Waals surface area contributed by atoms with Crippen LogP contribution in [0, 0.1) is 12.7 Å². The molecule has 0 radical (unpaired) electrons. The van der Waals surface area contributed by atoms with Gasteiger partial charge in [0.05, 0.1) is 22.8 Å².